The predicted molar refractivity (Wildman–Crippen MR) is 47.4 cm³/mol. The van der Waals surface area contributed by atoms with Crippen LogP contribution in [0.2, 0.25) is 0 Å². The van der Waals surface area contributed by atoms with Crippen LogP contribution in [0, 0.1) is 5.82 Å². The van der Waals surface area contributed by atoms with E-state index in [9.17, 15) is 9.18 Å². The van der Waals surface area contributed by atoms with Crippen molar-refractivity contribution < 1.29 is 9.18 Å². The summed E-state index contributed by atoms with van der Waals surface area (Å²) < 4.78 is 12.5. The fourth-order valence-corrected chi connectivity index (χ4v) is 0.977. The molecular weight excluding hydrogens is 171 g/mol. The van der Waals surface area contributed by atoms with Crippen LogP contribution in [0.25, 0.3) is 0 Å². The lowest BCUT2D eigenvalue weighted by Gasteiger charge is -2.09. The molecule has 4 heteroatoms. The van der Waals surface area contributed by atoms with E-state index in [1.807, 2.05) is 0 Å². The van der Waals surface area contributed by atoms with Gasteiger partial charge in [-0.1, -0.05) is 12.1 Å². The predicted octanol–water partition coefficient (Wildman–Crippen LogP) is 0.571. The Morgan fingerprint density at radius 2 is 2.00 bits per heavy atom. The lowest BCUT2D eigenvalue weighted by atomic mass is 10.1. The molecule has 70 valence electrons. The van der Waals surface area contributed by atoms with E-state index in [1.54, 1.807) is 0 Å². The minimum atomic E-state index is -0.731. The summed E-state index contributed by atoms with van der Waals surface area (Å²) in [6.45, 7) is 0. The van der Waals surface area contributed by atoms with Crippen LogP contribution in [0.15, 0.2) is 24.3 Å². The molecule has 0 aliphatic rings. The highest BCUT2D eigenvalue weighted by Crippen LogP contribution is 2.10. The summed E-state index contributed by atoms with van der Waals surface area (Å²) in [6.07, 6.45) is 0. The molecule has 1 unspecified atom stereocenters. The molecule has 0 saturated heterocycles. The Balaban J connectivity index is 2.83. The zero-order chi connectivity index (χ0) is 9.84. The van der Waals surface area contributed by atoms with E-state index in [0.717, 1.165) is 0 Å². The number of likely N-dealkylation sites (N-methyl/N-ethyl adjacent to an activating group) is 1. The molecular formula is C9H11FN2O. The first-order valence-corrected chi connectivity index (χ1v) is 3.88. The standard InChI is InChI=1S/C9H11FN2O/c1-12-9(13)8(11)6-2-4-7(10)5-3-6/h2-5,8H,11H2,1H3,(H,12,13). The fourth-order valence-electron chi connectivity index (χ4n) is 0.977. The minimum absolute atomic E-state index is 0.286. The molecule has 3 nitrogen and oxygen atoms in total. The van der Waals surface area contributed by atoms with Gasteiger partial charge in [0.15, 0.2) is 0 Å². The monoisotopic (exact) mass is 182 g/mol. The normalized spacial score (nSPS) is 12.2. The smallest absolute Gasteiger partial charge is 0.241 e. The average Bonchev–Trinajstić information content (AvgIpc) is 2.17. The van der Waals surface area contributed by atoms with Gasteiger partial charge in [0.2, 0.25) is 5.91 Å². The summed E-state index contributed by atoms with van der Waals surface area (Å²) in [6, 6.07) is 4.81. The molecule has 3 N–H and O–H groups in total. The first kappa shape index (κ1) is 9.67. The maximum Gasteiger partial charge on any atom is 0.241 e. The van der Waals surface area contributed by atoms with Gasteiger partial charge in [-0.2, -0.15) is 0 Å². The van der Waals surface area contributed by atoms with Gasteiger partial charge in [0.1, 0.15) is 11.9 Å². The summed E-state index contributed by atoms with van der Waals surface area (Å²) in [5, 5.41) is 2.42. The van der Waals surface area contributed by atoms with Crippen LogP contribution >= 0.6 is 0 Å². The van der Waals surface area contributed by atoms with E-state index in [0.29, 0.717) is 5.56 Å². The molecule has 1 amide bonds. The van der Waals surface area contributed by atoms with Gasteiger partial charge in [0.05, 0.1) is 0 Å². The van der Waals surface area contributed by atoms with Crippen molar-refractivity contribution in [2.75, 3.05) is 7.05 Å². The zero-order valence-corrected chi connectivity index (χ0v) is 7.25. The quantitative estimate of drug-likeness (QED) is 0.702. The van der Waals surface area contributed by atoms with Crippen LogP contribution in [-0.4, -0.2) is 13.0 Å². The van der Waals surface area contributed by atoms with Crippen molar-refractivity contribution in [3.8, 4) is 0 Å². The SMILES string of the molecule is CNC(=O)C(N)c1ccc(F)cc1. The van der Waals surface area contributed by atoms with Gasteiger partial charge in [-0.05, 0) is 17.7 Å². The van der Waals surface area contributed by atoms with Crippen LogP contribution in [0.1, 0.15) is 11.6 Å². The maximum atomic E-state index is 12.5. The first-order chi connectivity index (χ1) is 6.15. The van der Waals surface area contributed by atoms with Crippen molar-refractivity contribution in [1.29, 1.82) is 0 Å². The number of hydrogen-bond donors (Lipinski definition) is 2. The second kappa shape index (κ2) is 4.00. The highest BCUT2D eigenvalue weighted by Gasteiger charge is 2.13. The number of amides is 1. The van der Waals surface area contributed by atoms with E-state index >= 15 is 0 Å². The Morgan fingerprint density at radius 3 is 2.46 bits per heavy atom. The largest absolute Gasteiger partial charge is 0.358 e. The third-order valence-electron chi connectivity index (χ3n) is 1.76. The van der Waals surface area contributed by atoms with E-state index in [1.165, 1.54) is 31.3 Å². The number of carbonyl (C=O) groups excluding carboxylic acids is 1. The lowest BCUT2D eigenvalue weighted by Crippen LogP contribution is -2.31. The molecule has 0 aromatic heterocycles. The van der Waals surface area contributed by atoms with Gasteiger partial charge in [-0.15, -0.1) is 0 Å². The minimum Gasteiger partial charge on any atom is -0.358 e. The van der Waals surface area contributed by atoms with E-state index < -0.39 is 6.04 Å². The topological polar surface area (TPSA) is 55.1 Å². The summed E-state index contributed by atoms with van der Waals surface area (Å²) in [5.41, 5.74) is 6.16. The second-order valence-corrected chi connectivity index (χ2v) is 2.64. The van der Waals surface area contributed by atoms with E-state index in [-0.39, 0.29) is 11.7 Å². The van der Waals surface area contributed by atoms with Crippen LogP contribution in [0.4, 0.5) is 4.39 Å². The van der Waals surface area contributed by atoms with E-state index in [4.69, 9.17) is 5.73 Å². The Labute approximate surface area is 75.7 Å². The van der Waals surface area contributed by atoms with Crippen LogP contribution in [0.3, 0.4) is 0 Å². The Morgan fingerprint density at radius 1 is 1.46 bits per heavy atom. The van der Waals surface area contributed by atoms with Crippen molar-refractivity contribution in [3.63, 3.8) is 0 Å². The summed E-state index contributed by atoms with van der Waals surface area (Å²) in [5.74, 6) is -0.625. The molecule has 13 heavy (non-hydrogen) atoms. The zero-order valence-electron chi connectivity index (χ0n) is 7.25. The Kier molecular flexibility index (Phi) is 2.97. The van der Waals surface area contributed by atoms with Gasteiger partial charge in [0, 0.05) is 7.05 Å². The molecule has 1 atom stereocenters. The number of carbonyl (C=O) groups is 1. The molecule has 0 saturated carbocycles. The number of benzene rings is 1. The molecule has 0 spiro atoms. The van der Waals surface area contributed by atoms with Crippen molar-refractivity contribution in [2.45, 2.75) is 6.04 Å². The van der Waals surface area contributed by atoms with Gasteiger partial charge in [-0.3, -0.25) is 4.79 Å². The van der Waals surface area contributed by atoms with Gasteiger partial charge in [-0.25, -0.2) is 4.39 Å². The van der Waals surface area contributed by atoms with Crippen LogP contribution in [0.5, 0.6) is 0 Å². The number of nitrogens with one attached hydrogen (secondary N) is 1. The molecule has 0 radical (unpaired) electrons. The van der Waals surface area contributed by atoms with Crippen molar-refractivity contribution in [1.82, 2.24) is 5.32 Å². The third kappa shape index (κ3) is 2.26. The molecule has 1 rings (SSSR count). The molecule has 0 fully saturated rings. The average molecular weight is 182 g/mol. The molecule has 1 aromatic carbocycles. The first-order valence-electron chi connectivity index (χ1n) is 3.88. The van der Waals surface area contributed by atoms with Crippen LogP contribution < -0.4 is 11.1 Å². The van der Waals surface area contributed by atoms with Crippen molar-refractivity contribution in [2.24, 2.45) is 5.73 Å². The lowest BCUT2D eigenvalue weighted by molar-refractivity contribution is -0.121. The molecule has 0 heterocycles. The number of rotatable bonds is 2. The van der Waals surface area contributed by atoms with Gasteiger partial charge in [0.25, 0.3) is 0 Å². The third-order valence-corrected chi connectivity index (χ3v) is 1.76. The number of hydrogen-bond acceptors (Lipinski definition) is 2. The molecule has 0 aliphatic heterocycles. The summed E-state index contributed by atoms with van der Waals surface area (Å²) in [4.78, 5) is 11.1. The number of nitrogens with two attached hydrogens (primary N) is 1. The van der Waals surface area contributed by atoms with Gasteiger partial charge >= 0.3 is 0 Å². The summed E-state index contributed by atoms with van der Waals surface area (Å²) in [7, 11) is 1.51. The maximum absolute atomic E-state index is 12.5. The van der Waals surface area contributed by atoms with Crippen molar-refractivity contribution in [3.05, 3.63) is 35.6 Å². The Bertz CT molecular complexity index is 297. The second-order valence-electron chi connectivity index (χ2n) is 2.64. The fraction of sp³-hybridized carbons (Fsp3) is 0.222. The highest BCUT2D eigenvalue weighted by molar-refractivity contribution is 5.82. The molecule has 0 aliphatic carbocycles. The molecule has 0 bridgehead atoms. The Hall–Kier alpha value is -1.42. The van der Waals surface area contributed by atoms with Crippen molar-refractivity contribution >= 4 is 5.91 Å². The van der Waals surface area contributed by atoms with E-state index in [2.05, 4.69) is 5.32 Å². The summed E-state index contributed by atoms with van der Waals surface area (Å²) >= 11 is 0. The van der Waals surface area contributed by atoms with Crippen LogP contribution in [-0.2, 0) is 4.79 Å². The highest BCUT2D eigenvalue weighted by atomic mass is 19.1. The number of halogens is 1. The van der Waals surface area contributed by atoms with Gasteiger partial charge < -0.3 is 11.1 Å². The molecule has 1 aromatic rings.